The maximum atomic E-state index is 13.8. The fourth-order valence-electron chi connectivity index (χ4n) is 12.3. The summed E-state index contributed by atoms with van der Waals surface area (Å²) in [5.41, 5.74) is 13.7. The Morgan fingerprint density at radius 2 is 1.09 bits per heavy atom. The molecule has 2 saturated heterocycles. The molecule has 4 aliphatic rings. The number of nitrogens with one attached hydrogen (secondary N) is 3. The van der Waals surface area contributed by atoms with E-state index in [4.69, 9.17) is 14.7 Å². The third-order valence-corrected chi connectivity index (χ3v) is 16.7. The van der Waals surface area contributed by atoms with Crippen LogP contribution in [0.1, 0.15) is 147 Å². The van der Waals surface area contributed by atoms with Crippen LogP contribution in [-0.4, -0.2) is 124 Å². The molecule has 0 spiro atoms. The van der Waals surface area contributed by atoms with Crippen LogP contribution in [0.3, 0.4) is 0 Å². The van der Waals surface area contributed by atoms with Crippen LogP contribution < -0.4 is 25.8 Å². The molecule has 6 heterocycles. The Labute approximate surface area is 501 Å². The summed E-state index contributed by atoms with van der Waals surface area (Å²) in [6.07, 6.45) is 12.5. The zero-order valence-electron chi connectivity index (χ0n) is 52.5. The molecule has 6 aromatic rings. The van der Waals surface area contributed by atoms with Gasteiger partial charge < -0.3 is 44.5 Å². The molecular weight excluding hydrogens is 1060 g/mol. The van der Waals surface area contributed by atoms with Gasteiger partial charge in [-0.2, -0.15) is 0 Å². The standard InChI is InChI=1S/C37H47N5O4.C32H39N5O2/c1-22(2)42-20-25(5)34-29(35(44)39-19-30-24(4)14-23(3)15-32(30)43)16-28(17-31(34)42)27-10-11-33(38-18-27)41-13-12-40(21-26(41)6)36(45)46-37(7,8)9;1-19(2)37-18-22(5)31-26(32(39)35-17-27-21(4)11-20(3)12-29(27)38)13-25(14-28(31)37)24-7-8-30(34-16-24)36-10-9-33-15-23(36)6/h10-11,14,16-18,20,22,26H,12-13,15,19,21H2,1-9H3,(H,39,44);7-8,11,13-14,16,18-19,23,33H,9-10,12,15,17H2,1-6H3,(H,35,39)/t26-;23-/m11/s1. The van der Waals surface area contributed by atoms with Crippen LogP contribution in [-0.2, 0) is 14.3 Å². The minimum Gasteiger partial charge on any atom is -0.444 e. The van der Waals surface area contributed by atoms with Crippen molar-refractivity contribution < 1.29 is 28.7 Å². The van der Waals surface area contributed by atoms with E-state index in [1.165, 1.54) is 0 Å². The van der Waals surface area contributed by atoms with Crippen molar-refractivity contribution in [3.8, 4) is 22.3 Å². The van der Waals surface area contributed by atoms with Crippen molar-refractivity contribution in [2.45, 2.75) is 146 Å². The van der Waals surface area contributed by atoms with Gasteiger partial charge in [0.2, 0.25) is 0 Å². The summed E-state index contributed by atoms with van der Waals surface area (Å²) < 4.78 is 10.00. The third-order valence-electron chi connectivity index (χ3n) is 16.7. The van der Waals surface area contributed by atoms with Gasteiger partial charge in [0, 0.05) is 169 Å². The van der Waals surface area contributed by atoms with Gasteiger partial charge in [-0.25, -0.2) is 14.8 Å². The third kappa shape index (κ3) is 13.5. The number of pyridine rings is 2. The first-order valence-corrected chi connectivity index (χ1v) is 30.1. The van der Waals surface area contributed by atoms with Gasteiger partial charge >= 0.3 is 6.09 Å². The smallest absolute Gasteiger partial charge is 0.410 e. The van der Waals surface area contributed by atoms with Crippen molar-refractivity contribution in [2.75, 3.05) is 62.2 Å². The SMILES string of the molecule is CC1=CC(C)=C(CNC(=O)c2cc(-c3ccc(N4CCN(C(=O)OC(C)(C)C)C[C@H]4C)nc3)cc3c2c(C)cn3C(C)C)C(=O)C1.CC1=CC(C)=C(CNC(=O)c2cc(-c3ccc(N4CCNC[C@H]4C)nc3)cc3c2c(C)cn3C(C)C)C(=O)C1. The number of benzene rings is 2. The number of amides is 3. The number of allylic oxidation sites excluding steroid dienone is 6. The molecule has 0 unspecified atom stereocenters. The highest BCUT2D eigenvalue weighted by Gasteiger charge is 2.31. The first-order valence-electron chi connectivity index (χ1n) is 30.1. The molecule has 16 nitrogen and oxygen atoms in total. The highest BCUT2D eigenvalue weighted by Crippen LogP contribution is 2.36. The summed E-state index contributed by atoms with van der Waals surface area (Å²) in [6.45, 7) is 35.3. The first kappa shape index (κ1) is 61.5. The number of nitrogens with zero attached hydrogens (tertiary/aromatic N) is 7. The average Bonchev–Trinajstić information content (AvgIpc) is 3.93. The molecule has 2 atom stereocenters. The lowest BCUT2D eigenvalue weighted by Gasteiger charge is -2.40. The Morgan fingerprint density at radius 1 is 0.635 bits per heavy atom. The first-order chi connectivity index (χ1) is 40.3. The maximum absolute atomic E-state index is 13.8. The predicted molar refractivity (Wildman–Crippen MR) is 342 cm³/mol. The van der Waals surface area contributed by atoms with Crippen molar-refractivity contribution in [1.29, 1.82) is 0 Å². The maximum Gasteiger partial charge on any atom is 0.410 e. The normalized spacial score (nSPS) is 17.9. The molecule has 10 rings (SSSR count). The minimum atomic E-state index is -0.532. The Kier molecular flexibility index (Phi) is 18.2. The van der Waals surface area contributed by atoms with Gasteiger partial charge in [-0.3, -0.25) is 19.2 Å². The van der Waals surface area contributed by atoms with E-state index in [-0.39, 0.29) is 60.7 Å². The van der Waals surface area contributed by atoms with E-state index in [0.717, 1.165) is 109 Å². The summed E-state index contributed by atoms with van der Waals surface area (Å²) in [4.78, 5) is 81.4. The monoisotopic (exact) mass is 1150 g/mol. The molecule has 0 radical (unpaired) electrons. The second-order valence-corrected chi connectivity index (χ2v) is 25.4. The van der Waals surface area contributed by atoms with E-state index in [0.29, 0.717) is 60.8 Å². The molecular formula is C69H86N10O6. The molecule has 85 heavy (non-hydrogen) atoms. The van der Waals surface area contributed by atoms with E-state index in [1.807, 2.05) is 111 Å². The summed E-state index contributed by atoms with van der Waals surface area (Å²) in [5.74, 6) is 1.57. The second-order valence-electron chi connectivity index (χ2n) is 25.4. The molecule has 448 valence electrons. The average molecular weight is 1150 g/mol. The van der Waals surface area contributed by atoms with E-state index >= 15 is 0 Å². The summed E-state index contributed by atoms with van der Waals surface area (Å²) >= 11 is 0. The van der Waals surface area contributed by atoms with Crippen molar-refractivity contribution in [3.63, 3.8) is 0 Å². The van der Waals surface area contributed by atoms with Gasteiger partial charge in [0.1, 0.15) is 17.2 Å². The van der Waals surface area contributed by atoms with Gasteiger partial charge in [0.25, 0.3) is 11.8 Å². The molecule has 16 heteroatoms. The van der Waals surface area contributed by atoms with Gasteiger partial charge in [-0.1, -0.05) is 23.3 Å². The van der Waals surface area contributed by atoms with Crippen LogP contribution >= 0.6 is 0 Å². The number of rotatable bonds is 12. The molecule has 4 aromatic heterocycles. The largest absolute Gasteiger partial charge is 0.444 e. The lowest BCUT2D eigenvalue weighted by Crippen LogP contribution is -2.54. The number of hydrogen-bond donors (Lipinski definition) is 3. The number of ketones is 2. The predicted octanol–water partition coefficient (Wildman–Crippen LogP) is 12.4. The van der Waals surface area contributed by atoms with Crippen molar-refractivity contribution in [1.82, 2.24) is 40.0 Å². The number of carbonyl (C=O) groups excluding carboxylic acids is 5. The van der Waals surface area contributed by atoms with Gasteiger partial charge in [0.05, 0.1) is 0 Å². The lowest BCUT2D eigenvalue weighted by atomic mass is 9.92. The van der Waals surface area contributed by atoms with Crippen LogP contribution in [0.5, 0.6) is 0 Å². The highest BCUT2D eigenvalue weighted by atomic mass is 16.6. The number of piperazine rings is 2. The number of fused-ring (bicyclic) bond motifs is 2. The molecule has 0 saturated carbocycles. The summed E-state index contributed by atoms with van der Waals surface area (Å²) in [5, 5.41) is 11.4. The number of hydrogen-bond acceptors (Lipinski definition) is 11. The molecule has 3 amide bonds. The molecule has 2 fully saturated rings. The zero-order valence-corrected chi connectivity index (χ0v) is 52.5. The fourth-order valence-corrected chi connectivity index (χ4v) is 12.3. The zero-order chi connectivity index (χ0) is 61.3. The van der Waals surface area contributed by atoms with Crippen molar-refractivity contribution in [2.24, 2.45) is 0 Å². The summed E-state index contributed by atoms with van der Waals surface area (Å²) in [7, 11) is 0. The Hall–Kier alpha value is -8.11. The van der Waals surface area contributed by atoms with Crippen molar-refractivity contribution in [3.05, 3.63) is 141 Å². The molecule has 0 bridgehead atoms. The topological polar surface area (TPSA) is 176 Å². The molecule has 3 N–H and O–H groups in total. The van der Waals surface area contributed by atoms with Gasteiger partial charge in [0.15, 0.2) is 11.6 Å². The Morgan fingerprint density at radius 3 is 1.48 bits per heavy atom. The lowest BCUT2D eigenvalue weighted by molar-refractivity contribution is -0.116. The van der Waals surface area contributed by atoms with Crippen LogP contribution in [0.25, 0.3) is 44.1 Å². The number of aryl methyl sites for hydroxylation is 2. The highest BCUT2D eigenvalue weighted by molar-refractivity contribution is 6.11. The number of ether oxygens (including phenoxy) is 1. The second kappa shape index (κ2) is 25.2. The van der Waals surface area contributed by atoms with Crippen LogP contribution in [0.15, 0.2) is 119 Å². The summed E-state index contributed by atoms with van der Waals surface area (Å²) in [6, 6.07) is 17.3. The molecule has 2 aromatic carbocycles. The van der Waals surface area contributed by atoms with E-state index < -0.39 is 5.60 Å². The van der Waals surface area contributed by atoms with E-state index in [1.54, 1.807) is 4.90 Å². The van der Waals surface area contributed by atoms with Crippen molar-refractivity contribution >= 4 is 62.9 Å². The minimum absolute atomic E-state index is 0.0607. The van der Waals surface area contributed by atoms with E-state index in [2.05, 4.69) is 113 Å². The van der Waals surface area contributed by atoms with Gasteiger partial charge in [-0.15, -0.1) is 0 Å². The Bertz CT molecular complexity index is 3720. The van der Waals surface area contributed by atoms with Gasteiger partial charge in [-0.05, 0) is 186 Å². The number of anilines is 2. The fraction of sp³-hybridized carbons (Fsp3) is 0.435. The quantitative estimate of drug-likeness (QED) is 0.106. The number of aromatic nitrogens is 4. The van der Waals surface area contributed by atoms with Crippen LogP contribution in [0.2, 0.25) is 0 Å². The number of carbonyl (C=O) groups is 5. The van der Waals surface area contributed by atoms with E-state index in [9.17, 15) is 24.0 Å². The van der Waals surface area contributed by atoms with Crippen LogP contribution in [0, 0.1) is 13.8 Å². The van der Waals surface area contributed by atoms with Crippen LogP contribution in [0.4, 0.5) is 16.4 Å². The Balaban J connectivity index is 0.000000206. The molecule has 2 aliphatic heterocycles. The number of Topliss-reactive ketones (excluding diaryl/α,β-unsaturated/α-hetero) is 2. The molecule has 2 aliphatic carbocycles.